The number of rotatable bonds is 8. The maximum absolute atomic E-state index is 11.5. The van der Waals surface area contributed by atoms with E-state index in [0.29, 0.717) is 36.8 Å². The fraction of sp³-hybridized carbons (Fsp3) is 0.421. The molecule has 2 aliphatic carbocycles. The highest BCUT2D eigenvalue weighted by Gasteiger charge is 2.22. The number of nitrogens with zero attached hydrogens (tertiary/aromatic N) is 4. The number of amides is 2. The van der Waals surface area contributed by atoms with Gasteiger partial charge in [-0.05, 0) is 143 Å². The third-order valence-electron chi connectivity index (χ3n) is 10.2. The predicted octanol–water partition coefficient (Wildman–Crippen LogP) is 8.94. The largest absolute Gasteiger partial charge is 0.366 e. The molecule has 2 aromatic heterocycles. The molecule has 0 radical (unpaired) electrons. The van der Waals surface area contributed by atoms with Gasteiger partial charge in [-0.25, -0.2) is 9.97 Å². The van der Waals surface area contributed by atoms with Gasteiger partial charge in [0.05, 0.1) is 21.8 Å². The summed E-state index contributed by atoms with van der Waals surface area (Å²) >= 11 is 7.08. The molecule has 14 heteroatoms. The summed E-state index contributed by atoms with van der Waals surface area (Å²) < 4.78 is 1.73. The number of benzene rings is 2. The highest BCUT2D eigenvalue weighted by atomic mass is 79.9. The van der Waals surface area contributed by atoms with Gasteiger partial charge in [-0.15, -0.1) is 0 Å². The van der Waals surface area contributed by atoms with Crippen molar-refractivity contribution in [2.75, 3.05) is 31.9 Å². The zero-order valence-electron chi connectivity index (χ0n) is 29.4. The molecule has 0 saturated heterocycles. The third kappa shape index (κ3) is 9.19. The molecular formula is C38H44Br2N10O2. The number of carbonyl (C=O) groups is 2. The zero-order chi connectivity index (χ0) is 36.2. The Hall–Kier alpha value is -4.30. The summed E-state index contributed by atoms with van der Waals surface area (Å²) in [7, 11) is 0. The molecule has 4 heterocycles. The van der Waals surface area contributed by atoms with Crippen LogP contribution in [0, 0.1) is 11.8 Å². The van der Waals surface area contributed by atoms with E-state index in [1.54, 1.807) is 12.4 Å². The smallest absolute Gasteiger partial charge is 0.229 e. The van der Waals surface area contributed by atoms with E-state index in [0.717, 1.165) is 66.3 Å². The van der Waals surface area contributed by atoms with Gasteiger partial charge in [0.25, 0.3) is 0 Å². The van der Waals surface area contributed by atoms with Crippen molar-refractivity contribution < 1.29 is 9.59 Å². The standard InChI is InChI=1S/2C19H22BrN5O/c2*1-11-2-4-13(5-3-11)22-18-15(20)10-21-19(25-18)23-14-6-7-16-12(8-14)9-17(26)24-16/h2*6-8,10-11,13H,2-5,9H2,1H3,(H,24,26)(H2,21,22,23,25). The molecule has 272 valence electrons. The fourth-order valence-corrected chi connectivity index (χ4v) is 7.74. The minimum absolute atomic E-state index is 0.0327. The lowest BCUT2D eigenvalue weighted by atomic mass is 9.87. The first-order chi connectivity index (χ1) is 25.1. The van der Waals surface area contributed by atoms with Crippen molar-refractivity contribution in [2.45, 2.75) is 90.1 Å². The first-order valence-electron chi connectivity index (χ1n) is 18.1. The number of hydrogen-bond donors (Lipinski definition) is 6. The lowest BCUT2D eigenvalue weighted by Gasteiger charge is -2.27. The van der Waals surface area contributed by atoms with E-state index in [9.17, 15) is 9.59 Å². The fourth-order valence-electron chi connectivity index (χ4n) is 7.12. The quantitative estimate of drug-likeness (QED) is 0.101. The highest BCUT2D eigenvalue weighted by molar-refractivity contribution is 9.11. The van der Waals surface area contributed by atoms with Crippen LogP contribution >= 0.6 is 31.9 Å². The van der Waals surface area contributed by atoms with Crippen molar-refractivity contribution in [1.82, 2.24) is 19.9 Å². The Morgan fingerprint density at radius 2 is 1.02 bits per heavy atom. The molecule has 0 spiro atoms. The number of halogens is 2. The van der Waals surface area contributed by atoms with Gasteiger partial charge in [0.15, 0.2) is 0 Å². The van der Waals surface area contributed by atoms with Crippen LogP contribution in [0.4, 0.5) is 46.3 Å². The maximum atomic E-state index is 11.5. The predicted molar refractivity (Wildman–Crippen MR) is 214 cm³/mol. The number of nitrogens with one attached hydrogen (secondary N) is 6. The third-order valence-corrected chi connectivity index (χ3v) is 11.3. The lowest BCUT2D eigenvalue weighted by molar-refractivity contribution is -0.115. The molecule has 2 saturated carbocycles. The van der Waals surface area contributed by atoms with E-state index in [2.05, 4.69) is 97.5 Å². The normalized spacial score (nSPS) is 21.8. The molecule has 4 aromatic rings. The van der Waals surface area contributed by atoms with E-state index < -0.39 is 0 Å². The number of fused-ring (bicyclic) bond motifs is 2. The number of anilines is 8. The van der Waals surface area contributed by atoms with Crippen LogP contribution in [0.15, 0.2) is 57.7 Å². The molecule has 6 N–H and O–H groups in total. The van der Waals surface area contributed by atoms with Crippen LogP contribution in [0.3, 0.4) is 0 Å². The lowest BCUT2D eigenvalue weighted by Crippen LogP contribution is -2.26. The Morgan fingerprint density at radius 1 is 0.615 bits per heavy atom. The van der Waals surface area contributed by atoms with Crippen LogP contribution in [0.25, 0.3) is 0 Å². The van der Waals surface area contributed by atoms with Crippen LogP contribution in [-0.2, 0) is 22.4 Å². The summed E-state index contributed by atoms with van der Waals surface area (Å²) in [6.07, 6.45) is 14.1. The van der Waals surface area contributed by atoms with E-state index in [1.165, 1.54) is 51.4 Å². The first-order valence-corrected chi connectivity index (χ1v) is 19.7. The van der Waals surface area contributed by atoms with Gasteiger partial charge in [-0.2, -0.15) is 9.97 Å². The molecular weight excluding hydrogens is 788 g/mol. The number of hydrogen-bond acceptors (Lipinski definition) is 10. The van der Waals surface area contributed by atoms with Gasteiger partial charge >= 0.3 is 0 Å². The molecule has 0 atom stereocenters. The second kappa shape index (κ2) is 16.2. The summed E-state index contributed by atoms with van der Waals surface area (Å²) in [5.41, 5.74) is 5.50. The molecule has 2 aliphatic heterocycles. The van der Waals surface area contributed by atoms with Gasteiger partial charge in [0.2, 0.25) is 23.7 Å². The zero-order valence-corrected chi connectivity index (χ0v) is 32.5. The van der Waals surface area contributed by atoms with E-state index in [4.69, 9.17) is 0 Å². The van der Waals surface area contributed by atoms with Crippen LogP contribution in [0.2, 0.25) is 0 Å². The van der Waals surface area contributed by atoms with Gasteiger partial charge in [0.1, 0.15) is 11.6 Å². The Kier molecular flexibility index (Phi) is 11.2. The molecule has 0 unspecified atom stereocenters. The second-order valence-corrected chi connectivity index (χ2v) is 16.1. The van der Waals surface area contributed by atoms with E-state index in [1.807, 2.05) is 36.4 Å². The molecule has 0 bridgehead atoms. The second-order valence-electron chi connectivity index (χ2n) is 14.4. The summed E-state index contributed by atoms with van der Waals surface area (Å²) in [4.78, 5) is 40.9. The van der Waals surface area contributed by atoms with Crippen molar-refractivity contribution in [3.8, 4) is 0 Å². The Morgan fingerprint density at radius 3 is 1.42 bits per heavy atom. The molecule has 4 aliphatic rings. The molecule has 12 nitrogen and oxygen atoms in total. The number of carbonyl (C=O) groups excluding carboxylic acids is 2. The summed E-state index contributed by atoms with van der Waals surface area (Å²) in [6, 6.07) is 12.5. The minimum Gasteiger partial charge on any atom is -0.366 e. The van der Waals surface area contributed by atoms with Crippen molar-refractivity contribution in [2.24, 2.45) is 11.8 Å². The van der Waals surface area contributed by atoms with Gasteiger partial charge in [-0.1, -0.05) is 13.8 Å². The topological polar surface area (TPSA) is 158 Å². The van der Waals surface area contributed by atoms with E-state index >= 15 is 0 Å². The minimum atomic E-state index is 0.0327. The van der Waals surface area contributed by atoms with Gasteiger partial charge in [0, 0.05) is 47.2 Å². The van der Waals surface area contributed by atoms with Gasteiger partial charge in [-0.3, -0.25) is 9.59 Å². The molecule has 8 rings (SSSR count). The van der Waals surface area contributed by atoms with Crippen molar-refractivity contribution in [1.29, 1.82) is 0 Å². The maximum Gasteiger partial charge on any atom is 0.229 e. The highest BCUT2D eigenvalue weighted by Crippen LogP contribution is 2.32. The Balaban J connectivity index is 0.000000162. The van der Waals surface area contributed by atoms with E-state index in [-0.39, 0.29) is 11.8 Å². The van der Waals surface area contributed by atoms with Crippen molar-refractivity contribution in [3.63, 3.8) is 0 Å². The molecule has 2 aromatic carbocycles. The van der Waals surface area contributed by atoms with Crippen LogP contribution in [0.1, 0.15) is 76.3 Å². The molecule has 52 heavy (non-hydrogen) atoms. The number of aromatic nitrogens is 4. The molecule has 2 amide bonds. The molecule has 2 fully saturated rings. The van der Waals surface area contributed by atoms with Crippen molar-refractivity contribution >= 4 is 90.0 Å². The van der Waals surface area contributed by atoms with Crippen molar-refractivity contribution in [3.05, 3.63) is 68.9 Å². The summed E-state index contributed by atoms with van der Waals surface area (Å²) in [6.45, 7) is 4.64. The van der Waals surface area contributed by atoms with Gasteiger partial charge < -0.3 is 31.9 Å². The summed E-state index contributed by atoms with van der Waals surface area (Å²) in [5, 5.41) is 19.3. The Bertz CT molecular complexity index is 1800. The van der Waals surface area contributed by atoms with Crippen LogP contribution < -0.4 is 31.9 Å². The SMILES string of the molecule is CC1CCC(Nc2nc(Nc3ccc4c(c3)CC(=O)N4)ncc2Br)CC1.CC1CCC(Nc2nc(Nc3ccc4c(c3)CC(=O)N4)ncc2Br)CC1. The van der Waals surface area contributed by atoms with Crippen LogP contribution in [-0.4, -0.2) is 43.8 Å². The van der Waals surface area contributed by atoms with Crippen LogP contribution in [0.5, 0.6) is 0 Å². The monoisotopic (exact) mass is 830 g/mol. The summed E-state index contributed by atoms with van der Waals surface area (Å²) in [5.74, 6) is 4.42. The average molecular weight is 833 g/mol. The first kappa shape index (κ1) is 36.1. The average Bonchev–Trinajstić information content (AvgIpc) is 3.69. The Labute approximate surface area is 320 Å².